The van der Waals surface area contributed by atoms with Crippen LogP contribution in [0.3, 0.4) is 0 Å². The van der Waals surface area contributed by atoms with Gasteiger partial charge in [-0.05, 0) is 42.2 Å². The number of benzene rings is 2. The zero-order valence-corrected chi connectivity index (χ0v) is 18.1. The second-order valence-corrected chi connectivity index (χ2v) is 8.44. The minimum absolute atomic E-state index is 0.257. The fourth-order valence-electron chi connectivity index (χ4n) is 4.50. The number of hydrogen-bond acceptors (Lipinski definition) is 3. The van der Waals surface area contributed by atoms with E-state index in [0.29, 0.717) is 39.0 Å². The zero-order chi connectivity index (χ0) is 22.6. The highest BCUT2D eigenvalue weighted by Crippen LogP contribution is 2.34. The number of aromatic amines is 1. The lowest BCUT2D eigenvalue weighted by atomic mass is 9.74. The van der Waals surface area contributed by atoms with E-state index >= 15 is 0 Å². The molecule has 1 atom stereocenters. The third-order valence-electron chi connectivity index (χ3n) is 6.28. The smallest absolute Gasteiger partial charge is 0.242 e. The van der Waals surface area contributed by atoms with Gasteiger partial charge in [-0.1, -0.05) is 30.3 Å². The lowest BCUT2D eigenvalue weighted by molar-refractivity contribution is -0.128. The Labute approximate surface area is 186 Å². The molecule has 0 bridgehead atoms. The third kappa shape index (κ3) is 4.83. The number of H-pyrrole nitrogens is 1. The van der Waals surface area contributed by atoms with Crippen molar-refractivity contribution in [2.24, 2.45) is 0 Å². The van der Waals surface area contributed by atoms with Crippen LogP contribution in [0.15, 0.2) is 54.7 Å². The van der Waals surface area contributed by atoms with Gasteiger partial charge in [0.05, 0.1) is 0 Å². The van der Waals surface area contributed by atoms with Gasteiger partial charge in [0.1, 0.15) is 11.9 Å². The van der Waals surface area contributed by atoms with Crippen molar-refractivity contribution >= 4 is 22.7 Å². The number of amides is 2. The Morgan fingerprint density at radius 2 is 1.94 bits per heavy atom. The molecule has 0 saturated carbocycles. The molecule has 1 saturated heterocycles. The molecule has 1 aliphatic heterocycles. The fourth-order valence-corrected chi connectivity index (χ4v) is 4.50. The predicted octanol–water partition coefficient (Wildman–Crippen LogP) is 3.22. The molecule has 0 aliphatic carbocycles. The molecule has 2 aromatic carbocycles. The average molecular weight is 438 g/mol. The Hall–Kier alpha value is -3.19. The lowest BCUT2D eigenvalue weighted by Crippen LogP contribution is -2.51. The first-order chi connectivity index (χ1) is 15.5. The van der Waals surface area contributed by atoms with Crippen LogP contribution in [0.1, 0.15) is 30.9 Å². The number of carbonyl (C=O) groups is 2. The topological polar surface area (TPSA) is 83.2 Å². The monoisotopic (exact) mass is 437 g/mol. The molecule has 0 spiro atoms. The van der Waals surface area contributed by atoms with Gasteiger partial charge in [-0.2, -0.15) is 0 Å². The fraction of sp³-hybridized carbons (Fsp3) is 0.360. The minimum Gasteiger partial charge on any atom is -0.381 e. The van der Waals surface area contributed by atoms with Crippen molar-refractivity contribution in [2.75, 3.05) is 19.8 Å². The van der Waals surface area contributed by atoms with Gasteiger partial charge in [0.15, 0.2) is 0 Å². The molecule has 1 aliphatic rings. The molecule has 1 unspecified atom stereocenters. The van der Waals surface area contributed by atoms with E-state index in [9.17, 15) is 14.0 Å². The summed E-state index contributed by atoms with van der Waals surface area (Å²) in [7, 11) is 0. The maximum atomic E-state index is 13.9. The number of para-hydroxylation sites is 1. The van der Waals surface area contributed by atoms with E-state index < -0.39 is 11.5 Å². The Morgan fingerprint density at radius 1 is 1.16 bits per heavy atom. The van der Waals surface area contributed by atoms with E-state index in [2.05, 4.69) is 15.6 Å². The number of hydrogen-bond donors (Lipinski definition) is 3. The van der Waals surface area contributed by atoms with Crippen LogP contribution in [-0.2, 0) is 26.2 Å². The highest BCUT2D eigenvalue weighted by molar-refractivity contribution is 5.89. The maximum Gasteiger partial charge on any atom is 0.242 e. The highest BCUT2D eigenvalue weighted by atomic mass is 19.1. The van der Waals surface area contributed by atoms with Crippen LogP contribution in [0, 0.1) is 5.82 Å². The Morgan fingerprint density at radius 3 is 2.69 bits per heavy atom. The van der Waals surface area contributed by atoms with Gasteiger partial charge in [0.25, 0.3) is 0 Å². The van der Waals surface area contributed by atoms with Gasteiger partial charge in [0, 0.05) is 55.6 Å². The molecule has 168 valence electrons. The number of ether oxygens (including phenoxy) is 1. The van der Waals surface area contributed by atoms with Gasteiger partial charge in [-0.25, -0.2) is 4.39 Å². The molecular formula is C25H28FN3O3. The maximum absolute atomic E-state index is 13.9. The largest absolute Gasteiger partial charge is 0.381 e. The highest BCUT2D eigenvalue weighted by Gasteiger charge is 2.36. The van der Waals surface area contributed by atoms with E-state index in [1.807, 2.05) is 36.5 Å². The average Bonchev–Trinajstić information content (AvgIpc) is 3.20. The van der Waals surface area contributed by atoms with Crippen molar-refractivity contribution < 1.29 is 18.7 Å². The zero-order valence-electron chi connectivity index (χ0n) is 18.1. The quantitative estimate of drug-likeness (QED) is 0.531. The van der Waals surface area contributed by atoms with E-state index in [-0.39, 0.29) is 17.6 Å². The Balaban J connectivity index is 1.52. The number of carbonyl (C=O) groups excluding carboxylic acids is 2. The van der Waals surface area contributed by atoms with E-state index in [1.165, 1.54) is 19.1 Å². The van der Waals surface area contributed by atoms with E-state index in [0.717, 1.165) is 22.0 Å². The summed E-state index contributed by atoms with van der Waals surface area (Å²) < 4.78 is 19.5. The van der Waals surface area contributed by atoms with Crippen molar-refractivity contribution in [3.8, 4) is 0 Å². The van der Waals surface area contributed by atoms with E-state index in [1.54, 1.807) is 6.07 Å². The van der Waals surface area contributed by atoms with Crippen molar-refractivity contribution in [3.63, 3.8) is 0 Å². The van der Waals surface area contributed by atoms with Crippen LogP contribution < -0.4 is 10.6 Å². The molecule has 2 heterocycles. The molecule has 3 aromatic rings. The first-order valence-corrected chi connectivity index (χ1v) is 10.9. The number of nitrogens with one attached hydrogen (secondary N) is 3. The summed E-state index contributed by atoms with van der Waals surface area (Å²) in [5.41, 5.74) is 2.39. The van der Waals surface area contributed by atoms with Crippen LogP contribution in [0.2, 0.25) is 0 Å². The van der Waals surface area contributed by atoms with Crippen LogP contribution in [0.4, 0.5) is 4.39 Å². The van der Waals surface area contributed by atoms with Crippen LogP contribution >= 0.6 is 0 Å². The molecule has 0 radical (unpaired) electrons. The minimum atomic E-state index is -0.712. The summed E-state index contributed by atoms with van der Waals surface area (Å²) in [6.45, 7) is 2.86. The van der Waals surface area contributed by atoms with Crippen molar-refractivity contribution in [1.82, 2.24) is 15.6 Å². The third-order valence-corrected chi connectivity index (χ3v) is 6.28. The first-order valence-electron chi connectivity index (χ1n) is 10.9. The van der Waals surface area contributed by atoms with Gasteiger partial charge < -0.3 is 20.4 Å². The summed E-state index contributed by atoms with van der Waals surface area (Å²) in [4.78, 5) is 28.2. The second-order valence-electron chi connectivity index (χ2n) is 8.44. The van der Waals surface area contributed by atoms with E-state index in [4.69, 9.17) is 4.74 Å². The number of aromatic nitrogens is 1. The molecule has 4 rings (SSSR count). The molecule has 7 heteroatoms. The van der Waals surface area contributed by atoms with Crippen molar-refractivity contribution in [3.05, 3.63) is 71.7 Å². The number of rotatable bonds is 7. The molecule has 1 aromatic heterocycles. The molecule has 32 heavy (non-hydrogen) atoms. The van der Waals surface area contributed by atoms with Crippen molar-refractivity contribution in [1.29, 1.82) is 0 Å². The summed E-state index contributed by atoms with van der Waals surface area (Å²) in [5, 5.41) is 6.84. The van der Waals surface area contributed by atoms with Gasteiger partial charge >= 0.3 is 0 Å². The normalized spacial score (nSPS) is 16.4. The van der Waals surface area contributed by atoms with Crippen LogP contribution in [0.5, 0.6) is 0 Å². The van der Waals surface area contributed by atoms with Gasteiger partial charge in [-0.3, -0.25) is 9.59 Å². The number of fused-ring (bicyclic) bond motifs is 1. The molecular weight excluding hydrogens is 409 g/mol. The van der Waals surface area contributed by atoms with Crippen molar-refractivity contribution in [2.45, 2.75) is 37.6 Å². The SMILES string of the molecule is CC(=O)NC(Cc1c[nH]c2ccccc12)C(=O)NCC1(c2cccc(F)c2)CCOCC1. The van der Waals surface area contributed by atoms with Crippen LogP contribution in [0.25, 0.3) is 10.9 Å². The predicted molar refractivity (Wildman–Crippen MR) is 121 cm³/mol. The molecule has 2 amide bonds. The van der Waals surface area contributed by atoms with Gasteiger partial charge in [-0.15, -0.1) is 0 Å². The molecule has 6 nitrogen and oxygen atoms in total. The second kappa shape index (κ2) is 9.53. The summed E-state index contributed by atoms with van der Waals surface area (Å²) in [6, 6.07) is 13.7. The Bertz CT molecular complexity index is 1100. The number of halogens is 1. The Kier molecular flexibility index (Phi) is 6.55. The summed E-state index contributed by atoms with van der Waals surface area (Å²) in [5.74, 6) is -0.821. The van der Waals surface area contributed by atoms with Gasteiger partial charge in [0.2, 0.25) is 11.8 Å². The molecule has 3 N–H and O–H groups in total. The standard InChI is InChI=1S/C25H28FN3O3/c1-17(30)29-23(13-18-15-27-22-8-3-2-7-21(18)22)24(31)28-16-25(9-11-32-12-10-25)19-5-4-6-20(26)14-19/h2-8,14-15,23,27H,9-13,16H2,1H3,(H,28,31)(H,29,30). The summed E-state index contributed by atoms with van der Waals surface area (Å²) >= 11 is 0. The lowest BCUT2D eigenvalue weighted by Gasteiger charge is -2.38. The summed E-state index contributed by atoms with van der Waals surface area (Å²) in [6.07, 6.45) is 3.61. The van der Waals surface area contributed by atoms with Crippen LogP contribution in [-0.4, -0.2) is 42.6 Å². The molecule has 1 fully saturated rings. The first kappa shape index (κ1) is 22.0.